The van der Waals surface area contributed by atoms with E-state index in [4.69, 9.17) is 32.7 Å². The minimum Gasteiger partial charge on any atom is -0.378 e. The summed E-state index contributed by atoms with van der Waals surface area (Å²) in [4.78, 5) is 15.9. The van der Waals surface area contributed by atoms with Crippen molar-refractivity contribution in [1.82, 2.24) is 10.3 Å². The van der Waals surface area contributed by atoms with E-state index in [0.29, 0.717) is 25.3 Å². The number of ether oxygens (including phenoxy) is 2. The SMILES string of the molecule is COC1(CNC(=O)c2cc(Cl)ncc2Cl)CCOC1. The molecule has 1 N–H and O–H groups in total. The second-order valence-electron chi connectivity index (χ2n) is 4.36. The third kappa shape index (κ3) is 3.36. The van der Waals surface area contributed by atoms with Crippen LogP contribution in [-0.4, -0.2) is 43.4 Å². The van der Waals surface area contributed by atoms with E-state index < -0.39 is 5.60 Å². The van der Waals surface area contributed by atoms with Crippen molar-refractivity contribution in [3.05, 3.63) is 28.0 Å². The molecule has 1 fully saturated rings. The molecule has 5 nitrogen and oxygen atoms in total. The van der Waals surface area contributed by atoms with Crippen LogP contribution >= 0.6 is 23.2 Å². The van der Waals surface area contributed by atoms with Crippen LogP contribution in [0.1, 0.15) is 16.8 Å². The first-order valence-electron chi connectivity index (χ1n) is 5.78. The molecule has 19 heavy (non-hydrogen) atoms. The van der Waals surface area contributed by atoms with E-state index >= 15 is 0 Å². The number of nitrogens with one attached hydrogen (secondary N) is 1. The van der Waals surface area contributed by atoms with Crippen LogP contribution < -0.4 is 5.32 Å². The first-order valence-corrected chi connectivity index (χ1v) is 6.54. The van der Waals surface area contributed by atoms with E-state index in [9.17, 15) is 4.79 Å². The fourth-order valence-corrected chi connectivity index (χ4v) is 2.23. The van der Waals surface area contributed by atoms with Gasteiger partial charge in [-0.2, -0.15) is 0 Å². The minimum absolute atomic E-state index is 0.222. The Morgan fingerprint density at radius 1 is 1.63 bits per heavy atom. The zero-order valence-electron chi connectivity index (χ0n) is 10.4. The largest absolute Gasteiger partial charge is 0.378 e. The molecule has 1 unspecified atom stereocenters. The number of carbonyl (C=O) groups excluding carboxylic acids is 1. The van der Waals surface area contributed by atoms with Crippen LogP contribution in [0.3, 0.4) is 0 Å². The van der Waals surface area contributed by atoms with E-state index in [0.717, 1.165) is 6.42 Å². The second kappa shape index (κ2) is 6.05. The van der Waals surface area contributed by atoms with Gasteiger partial charge in [0, 0.05) is 32.9 Å². The molecule has 0 aromatic carbocycles. The van der Waals surface area contributed by atoms with E-state index in [1.54, 1.807) is 7.11 Å². The Morgan fingerprint density at radius 2 is 2.42 bits per heavy atom. The molecule has 0 saturated carbocycles. The van der Waals surface area contributed by atoms with Crippen molar-refractivity contribution in [2.75, 3.05) is 26.9 Å². The number of carbonyl (C=O) groups is 1. The number of amides is 1. The summed E-state index contributed by atoms with van der Waals surface area (Å²) in [6, 6.07) is 1.43. The van der Waals surface area contributed by atoms with Crippen LogP contribution in [0.25, 0.3) is 0 Å². The number of pyridine rings is 1. The second-order valence-corrected chi connectivity index (χ2v) is 5.15. The maximum atomic E-state index is 12.1. The predicted octanol–water partition coefficient (Wildman–Crippen LogP) is 1.92. The molecule has 0 bridgehead atoms. The molecule has 1 atom stereocenters. The highest BCUT2D eigenvalue weighted by Crippen LogP contribution is 2.22. The molecule has 104 valence electrons. The Balaban J connectivity index is 2.03. The van der Waals surface area contributed by atoms with Gasteiger partial charge < -0.3 is 14.8 Å². The van der Waals surface area contributed by atoms with Crippen LogP contribution in [0.15, 0.2) is 12.3 Å². The van der Waals surface area contributed by atoms with Gasteiger partial charge in [0.25, 0.3) is 5.91 Å². The molecule has 1 aliphatic heterocycles. The van der Waals surface area contributed by atoms with Crippen molar-refractivity contribution in [3.63, 3.8) is 0 Å². The zero-order chi connectivity index (χ0) is 13.9. The molecule has 1 aromatic heterocycles. The number of aromatic nitrogens is 1. The summed E-state index contributed by atoms with van der Waals surface area (Å²) < 4.78 is 10.7. The minimum atomic E-state index is -0.459. The van der Waals surface area contributed by atoms with Crippen molar-refractivity contribution in [2.24, 2.45) is 0 Å². The van der Waals surface area contributed by atoms with Crippen molar-refractivity contribution >= 4 is 29.1 Å². The standard InChI is InChI=1S/C12H14Cl2N2O3/c1-18-12(2-3-19-7-12)6-16-11(17)8-4-10(14)15-5-9(8)13/h4-5H,2-3,6-7H2,1H3,(H,16,17). The van der Waals surface area contributed by atoms with E-state index in [1.807, 2.05) is 0 Å². The maximum Gasteiger partial charge on any atom is 0.253 e. The molecule has 2 rings (SSSR count). The van der Waals surface area contributed by atoms with Crippen molar-refractivity contribution in [1.29, 1.82) is 0 Å². The molecule has 1 saturated heterocycles. The lowest BCUT2D eigenvalue weighted by Crippen LogP contribution is -2.45. The van der Waals surface area contributed by atoms with Gasteiger partial charge in [0.15, 0.2) is 0 Å². The molecule has 2 heterocycles. The summed E-state index contributed by atoms with van der Waals surface area (Å²) in [6.45, 7) is 1.46. The zero-order valence-corrected chi connectivity index (χ0v) is 11.9. The first-order chi connectivity index (χ1) is 9.06. The number of halogens is 2. The Morgan fingerprint density at radius 3 is 3.05 bits per heavy atom. The smallest absolute Gasteiger partial charge is 0.253 e. The van der Waals surface area contributed by atoms with Crippen LogP contribution in [0.5, 0.6) is 0 Å². The van der Waals surface area contributed by atoms with Gasteiger partial charge in [-0.05, 0) is 6.07 Å². The van der Waals surface area contributed by atoms with Crippen molar-refractivity contribution in [3.8, 4) is 0 Å². The summed E-state index contributed by atoms with van der Waals surface area (Å²) in [5.41, 5.74) is -0.161. The number of rotatable bonds is 4. The Bertz CT molecular complexity index is 476. The van der Waals surface area contributed by atoms with Gasteiger partial charge in [-0.1, -0.05) is 23.2 Å². The van der Waals surface area contributed by atoms with Crippen molar-refractivity contribution in [2.45, 2.75) is 12.0 Å². The fraction of sp³-hybridized carbons (Fsp3) is 0.500. The average Bonchev–Trinajstić information content (AvgIpc) is 2.88. The quantitative estimate of drug-likeness (QED) is 0.864. The van der Waals surface area contributed by atoms with Crippen LogP contribution in [0.2, 0.25) is 10.2 Å². The topological polar surface area (TPSA) is 60.5 Å². The molecular formula is C12H14Cl2N2O3. The molecule has 7 heteroatoms. The normalized spacial score (nSPS) is 22.5. The number of hydrogen-bond donors (Lipinski definition) is 1. The highest BCUT2D eigenvalue weighted by molar-refractivity contribution is 6.35. The average molecular weight is 305 g/mol. The van der Waals surface area contributed by atoms with Crippen LogP contribution in [0.4, 0.5) is 0 Å². The molecular weight excluding hydrogens is 291 g/mol. The van der Waals surface area contributed by atoms with Crippen molar-refractivity contribution < 1.29 is 14.3 Å². The lowest BCUT2D eigenvalue weighted by molar-refractivity contribution is -0.0148. The fourth-order valence-electron chi connectivity index (χ4n) is 1.88. The third-order valence-corrected chi connectivity index (χ3v) is 3.65. The summed E-state index contributed by atoms with van der Waals surface area (Å²) in [5.74, 6) is -0.308. The summed E-state index contributed by atoms with van der Waals surface area (Å²) in [5, 5.41) is 3.27. The maximum absolute atomic E-state index is 12.1. The summed E-state index contributed by atoms with van der Waals surface area (Å²) >= 11 is 11.7. The number of nitrogens with zero attached hydrogens (tertiary/aromatic N) is 1. The van der Waals surface area contributed by atoms with Gasteiger partial charge in [-0.15, -0.1) is 0 Å². The molecule has 0 aliphatic carbocycles. The van der Waals surface area contributed by atoms with E-state index in [1.165, 1.54) is 12.3 Å². The summed E-state index contributed by atoms with van der Waals surface area (Å²) in [6.07, 6.45) is 2.10. The van der Waals surface area contributed by atoms with E-state index in [2.05, 4.69) is 10.3 Å². The molecule has 1 aromatic rings. The van der Waals surface area contributed by atoms with Gasteiger partial charge in [0.1, 0.15) is 10.8 Å². The Hall–Kier alpha value is -0.880. The predicted molar refractivity (Wildman–Crippen MR) is 71.8 cm³/mol. The Kier molecular flexibility index (Phi) is 4.62. The van der Waals surface area contributed by atoms with Crippen LogP contribution in [-0.2, 0) is 9.47 Å². The molecule has 1 amide bonds. The van der Waals surface area contributed by atoms with Gasteiger partial charge in [-0.25, -0.2) is 4.98 Å². The monoisotopic (exact) mass is 304 g/mol. The summed E-state index contributed by atoms with van der Waals surface area (Å²) in [7, 11) is 1.61. The number of hydrogen-bond acceptors (Lipinski definition) is 4. The lowest BCUT2D eigenvalue weighted by atomic mass is 10.0. The lowest BCUT2D eigenvalue weighted by Gasteiger charge is -2.25. The first kappa shape index (κ1) is 14.5. The highest BCUT2D eigenvalue weighted by atomic mass is 35.5. The van der Waals surface area contributed by atoms with Gasteiger partial charge in [0.2, 0.25) is 0 Å². The van der Waals surface area contributed by atoms with E-state index in [-0.39, 0.29) is 16.1 Å². The number of methoxy groups -OCH3 is 1. The van der Waals surface area contributed by atoms with Gasteiger partial charge in [-0.3, -0.25) is 4.79 Å². The molecule has 1 aliphatic rings. The molecule has 0 spiro atoms. The Labute approximate surface area is 121 Å². The third-order valence-electron chi connectivity index (χ3n) is 3.14. The molecule has 0 radical (unpaired) electrons. The highest BCUT2D eigenvalue weighted by Gasteiger charge is 2.35. The van der Waals surface area contributed by atoms with Gasteiger partial charge >= 0.3 is 0 Å². The van der Waals surface area contributed by atoms with Crippen LogP contribution in [0, 0.1) is 0 Å². The van der Waals surface area contributed by atoms with Gasteiger partial charge in [0.05, 0.1) is 17.2 Å².